The average Bonchev–Trinajstić information content (AvgIpc) is 2.96. The molecule has 1 aromatic heterocycles. The highest BCUT2D eigenvalue weighted by molar-refractivity contribution is 5.93. The van der Waals surface area contributed by atoms with Crippen LogP contribution in [-0.4, -0.2) is 30.6 Å². The molecule has 0 spiro atoms. The summed E-state index contributed by atoms with van der Waals surface area (Å²) in [5.41, 5.74) is 0. The molecule has 21 heavy (non-hydrogen) atoms. The van der Waals surface area contributed by atoms with Crippen molar-refractivity contribution in [3.05, 3.63) is 36.3 Å². The molecule has 1 rings (SSSR count). The van der Waals surface area contributed by atoms with Gasteiger partial charge in [0, 0.05) is 12.2 Å². The van der Waals surface area contributed by atoms with Crippen LogP contribution in [0.15, 0.2) is 35.0 Å². The summed E-state index contributed by atoms with van der Waals surface area (Å²) in [6.45, 7) is 3.49. The lowest BCUT2D eigenvalue weighted by molar-refractivity contribution is -0.150. The van der Waals surface area contributed by atoms with Gasteiger partial charge in [0.15, 0.2) is 6.10 Å². The van der Waals surface area contributed by atoms with E-state index in [0.29, 0.717) is 5.76 Å². The van der Waals surface area contributed by atoms with Crippen LogP contribution in [0.25, 0.3) is 0 Å². The third kappa shape index (κ3) is 6.42. The molecule has 1 amide bonds. The van der Waals surface area contributed by atoms with Gasteiger partial charge in [-0.05, 0) is 26.0 Å². The van der Waals surface area contributed by atoms with E-state index < -0.39 is 23.9 Å². The predicted octanol–water partition coefficient (Wildman–Crippen LogP) is 0.947. The fraction of sp³-hybridized carbons (Fsp3) is 0.357. The molecule has 0 radical (unpaired) electrons. The Bertz CT molecular complexity index is 506. The van der Waals surface area contributed by atoms with E-state index in [-0.39, 0.29) is 13.2 Å². The molecule has 0 saturated heterocycles. The van der Waals surface area contributed by atoms with E-state index in [1.165, 1.54) is 13.2 Å². The topological polar surface area (TPSA) is 94.8 Å². The zero-order chi connectivity index (χ0) is 15.7. The molecule has 114 valence electrons. The minimum atomic E-state index is -0.987. The first-order valence-electron chi connectivity index (χ1n) is 6.38. The molecule has 0 aromatic carbocycles. The molecule has 1 aromatic rings. The van der Waals surface area contributed by atoms with Crippen molar-refractivity contribution >= 4 is 17.8 Å². The Balaban J connectivity index is 2.34. The lowest BCUT2D eigenvalue weighted by atomic mass is 10.3. The molecule has 1 atom stereocenters. The predicted molar refractivity (Wildman–Crippen MR) is 71.9 cm³/mol. The zero-order valence-electron chi connectivity index (χ0n) is 11.8. The number of carbonyl (C=O) groups is 3. The van der Waals surface area contributed by atoms with E-state index in [4.69, 9.17) is 9.15 Å². The Hall–Kier alpha value is -2.57. The number of furan rings is 1. The smallest absolute Gasteiger partial charge is 0.331 e. The second-order valence-corrected chi connectivity index (χ2v) is 3.96. The maximum absolute atomic E-state index is 11.7. The second kappa shape index (κ2) is 8.57. The first-order chi connectivity index (χ1) is 10.0. The monoisotopic (exact) mass is 295 g/mol. The van der Waals surface area contributed by atoms with Crippen LogP contribution in [0, 0.1) is 0 Å². The van der Waals surface area contributed by atoms with Gasteiger partial charge < -0.3 is 19.2 Å². The van der Waals surface area contributed by atoms with Crippen LogP contribution in [0.5, 0.6) is 0 Å². The summed E-state index contributed by atoms with van der Waals surface area (Å²) in [5, 5.41) is 2.55. The number of hydrogen-bond donors (Lipinski definition) is 1. The standard InChI is InChI=1S/C14H17NO6/c1-3-19-12(16)6-7-13(17)21-10(2)14(18)15-9-11-5-4-8-20-11/h4-8,10H,3,9H2,1-2H3,(H,15,18)/b7-6+/t10-/m0/s1. The summed E-state index contributed by atoms with van der Waals surface area (Å²) < 4.78 is 14.5. The molecule has 0 aliphatic rings. The molecule has 0 aliphatic carbocycles. The van der Waals surface area contributed by atoms with Crippen molar-refractivity contribution in [1.82, 2.24) is 5.32 Å². The van der Waals surface area contributed by atoms with Crippen LogP contribution in [0.3, 0.4) is 0 Å². The summed E-state index contributed by atoms with van der Waals surface area (Å²) in [7, 11) is 0. The van der Waals surface area contributed by atoms with Crippen LogP contribution in [-0.2, 0) is 30.4 Å². The van der Waals surface area contributed by atoms with Crippen molar-refractivity contribution in [3.63, 3.8) is 0 Å². The number of rotatable bonds is 7. The third-order valence-corrected chi connectivity index (χ3v) is 2.32. The van der Waals surface area contributed by atoms with E-state index >= 15 is 0 Å². The highest BCUT2D eigenvalue weighted by atomic mass is 16.5. The lowest BCUT2D eigenvalue weighted by Gasteiger charge is -2.11. The summed E-state index contributed by atoms with van der Waals surface area (Å²) in [6.07, 6.45) is 2.36. The van der Waals surface area contributed by atoms with Gasteiger partial charge in [-0.25, -0.2) is 9.59 Å². The molecule has 0 saturated carbocycles. The molecule has 7 heteroatoms. The second-order valence-electron chi connectivity index (χ2n) is 3.96. The number of hydrogen-bond acceptors (Lipinski definition) is 6. The van der Waals surface area contributed by atoms with Crippen molar-refractivity contribution in [3.8, 4) is 0 Å². The Morgan fingerprint density at radius 2 is 2.05 bits per heavy atom. The molecular formula is C14H17NO6. The maximum atomic E-state index is 11.7. The SMILES string of the molecule is CCOC(=O)/C=C/C(=O)O[C@@H](C)C(=O)NCc1ccco1. The molecule has 0 fully saturated rings. The first kappa shape index (κ1) is 16.5. The van der Waals surface area contributed by atoms with Gasteiger partial charge in [0.25, 0.3) is 5.91 Å². The Kier molecular flexibility index (Phi) is 6.73. The van der Waals surface area contributed by atoms with E-state index in [1.807, 2.05) is 0 Å². The Morgan fingerprint density at radius 3 is 2.67 bits per heavy atom. The van der Waals surface area contributed by atoms with E-state index in [1.54, 1.807) is 19.1 Å². The van der Waals surface area contributed by atoms with Crippen molar-refractivity contribution in [2.24, 2.45) is 0 Å². The minimum Gasteiger partial charge on any atom is -0.467 e. The van der Waals surface area contributed by atoms with Gasteiger partial charge >= 0.3 is 11.9 Å². The molecular weight excluding hydrogens is 278 g/mol. The van der Waals surface area contributed by atoms with Crippen LogP contribution >= 0.6 is 0 Å². The van der Waals surface area contributed by atoms with Crippen LogP contribution in [0.1, 0.15) is 19.6 Å². The van der Waals surface area contributed by atoms with E-state index in [0.717, 1.165) is 12.2 Å². The van der Waals surface area contributed by atoms with Gasteiger partial charge in [-0.2, -0.15) is 0 Å². The van der Waals surface area contributed by atoms with Gasteiger partial charge in [0.2, 0.25) is 0 Å². The van der Waals surface area contributed by atoms with Crippen LogP contribution in [0.2, 0.25) is 0 Å². The Labute approximate surface area is 121 Å². The number of esters is 2. The van der Waals surface area contributed by atoms with Gasteiger partial charge in [0.05, 0.1) is 19.4 Å². The summed E-state index contributed by atoms with van der Waals surface area (Å²) in [6, 6.07) is 3.41. The average molecular weight is 295 g/mol. The number of amides is 1. The minimum absolute atomic E-state index is 0.201. The molecule has 0 unspecified atom stereocenters. The third-order valence-electron chi connectivity index (χ3n) is 2.32. The zero-order valence-corrected chi connectivity index (χ0v) is 11.8. The summed E-state index contributed by atoms with van der Waals surface area (Å²) in [4.78, 5) is 34.0. The van der Waals surface area contributed by atoms with Crippen molar-refractivity contribution in [2.75, 3.05) is 6.61 Å². The quantitative estimate of drug-likeness (QED) is 0.594. The number of nitrogens with one attached hydrogen (secondary N) is 1. The summed E-state index contributed by atoms with van der Waals surface area (Å²) >= 11 is 0. The van der Waals surface area contributed by atoms with Crippen molar-refractivity contribution in [2.45, 2.75) is 26.5 Å². The normalized spacial score (nSPS) is 11.9. The largest absolute Gasteiger partial charge is 0.467 e. The molecule has 0 aliphatic heterocycles. The number of ether oxygens (including phenoxy) is 2. The fourth-order valence-corrected chi connectivity index (χ4v) is 1.32. The van der Waals surface area contributed by atoms with Crippen LogP contribution in [0.4, 0.5) is 0 Å². The molecule has 1 N–H and O–H groups in total. The van der Waals surface area contributed by atoms with Gasteiger partial charge in [-0.15, -0.1) is 0 Å². The van der Waals surface area contributed by atoms with Crippen molar-refractivity contribution < 1.29 is 28.3 Å². The highest BCUT2D eigenvalue weighted by Crippen LogP contribution is 2.00. The fourth-order valence-electron chi connectivity index (χ4n) is 1.32. The summed E-state index contributed by atoms with van der Waals surface area (Å²) in [5.74, 6) is -1.33. The molecule has 1 heterocycles. The molecule has 0 bridgehead atoms. The van der Waals surface area contributed by atoms with Crippen molar-refractivity contribution in [1.29, 1.82) is 0 Å². The van der Waals surface area contributed by atoms with E-state index in [9.17, 15) is 14.4 Å². The highest BCUT2D eigenvalue weighted by Gasteiger charge is 2.16. The first-order valence-corrected chi connectivity index (χ1v) is 6.38. The van der Waals surface area contributed by atoms with Crippen LogP contribution < -0.4 is 5.32 Å². The number of carbonyl (C=O) groups excluding carboxylic acids is 3. The van der Waals surface area contributed by atoms with Gasteiger partial charge in [-0.3, -0.25) is 4.79 Å². The molecule has 7 nitrogen and oxygen atoms in total. The van der Waals surface area contributed by atoms with Gasteiger partial charge in [0.1, 0.15) is 5.76 Å². The van der Waals surface area contributed by atoms with Gasteiger partial charge in [-0.1, -0.05) is 0 Å². The Morgan fingerprint density at radius 1 is 1.33 bits per heavy atom. The van der Waals surface area contributed by atoms with E-state index in [2.05, 4.69) is 10.1 Å². The maximum Gasteiger partial charge on any atom is 0.331 e. The lowest BCUT2D eigenvalue weighted by Crippen LogP contribution is -2.35.